The van der Waals surface area contributed by atoms with Crippen LogP contribution in [0.4, 0.5) is 0 Å². The zero-order valence-electron chi connectivity index (χ0n) is 13.1. The molecule has 0 radical (unpaired) electrons. The lowest BCUT2D eigenvalue weighted by molar-refractivity contribution is -0.134. The van der Waals surface area contributed by atoms with Crippen LogP contribution in [-0.4, -0.2) is 10.5 Å². The molecule has 1 aliphatic heterocycles. The van der Waals surface area contributed by atoms with E-state index >= 15 is 0 Å². The smallest absolute Gasteiger partial charge is 0.308 e. The second-order valence-corrected chi connectivity index (χ2v) is 6.50. The fraction of sp³-hybridized carbons (Fsp3) is 0.0500. The number of hydrogen-bond donors (Lipinski definition) is 0. The van der Waals surface area contributed by atoms with Crippen LogP contribution in [0.25, 0.3) is 16.4 Å². The zero-order chi connectivity index (χ0) is 16.5. The van der Waals surface area contributed by atoms with Gasteiger partial charge in [-0.3, -0.25) is 4.79 Å². The van der Waals surface area contributed by atoms with Crippen molar-refractivity contribution in [3.63, 3.8) is 0 Å². The molecular formula is C20H15NO2S. The number of hydrogen-bond acceptors (Lipinski definition) is 3. The van der Waals surface area contributed by atoms with Crippen molar-refractivity contribution in [3.8, 4) is 5.69 Å². The number of carbonyl (C=O) groups is 1. The Bertz CT molecular complexity index is 941. The third-order valence-corrected chi connectivity index (χ3v) is 5.00. The number of ether oxygens (including phenoxy) is 1. The van der Waals surface area contributed by atoms with Gasteiger partial charge in [0, 0.05) is 18.0 Å². The Morgan fingerprint density at radius 3 is 2.50 bits per heavy atom. The second kappa shape index (κ2) is 6.06. The van der Waals surface area contributed by atoms with Crippen LogP contribution in [0.2, 0.25) is 0 Å². The molecule has 4 rings (SSSR count). The molecule has 1 aromatic heterocycles. The van der Waals surface area contributed by atoms with E-state index in [1.54, 1.807) is 11.8 Å². The summed E-state index contributed by atoms with van der Waals surface area (Å²) in [5.41, 5.74) is 2.99. The van der Waals surface area contributed by atoms with Gasteiger partial charge in [-0.05, 0) is 29.8 Å². The lowest BCUT2D eigenvalue weighted by Gasteiger charge is -2.12. The van der Waals surface area contributed by atoms with E-state index in [0.717, 1.165) is 26.7 Å². The van der Waals surface area contributed by atoms with Crippen molar-refractivity contribution in [2.75, 3.05) is 0 Å². The normalized spacial score (nSPS) is 13.0. The number of benzene rings is 2. The molecule has 118 valence electrons. The van der Waals surface area contributed by atoms with E-state index in [1.807, 2.05) is 60.8 Å². The zero-order valence-corrected chi connectivity index (χ0v) is 13.9. The summed E-state index contributed by atoms with van der Waals surface area (Å²) in [4.78, 5) is 13.8. The fourth-order valence-corrected chi connectivity index (χ4v) is 3.94. The minimum Gasteiger partial charge on any atom is -0.423 e. The fourth-order valence-electron chi connectivity index (χ4n) is 2.81. The first-order valence-corrected chi connectivity index (χ1v) is 8.49. The van der Waals surface area contributed by atoms with E-state index in [4.69, 9.17) is 4.74 Å². The van der Waals surface area contributed by atoms with Gasteiger partial charge in [-0.25, -0.2) is 0 Å². The Kier molecular flexibility index (Phi) is 3.75. The summed E-state index contributed by atoms with van der Waals surface area (Å²) >= 11 is 1.62. The first kappa shape index (κ1) is 14.8. The van der Waals surface area contributed by atoms with Crippen molar-refractivity contribution in [3.05, 3.63) is 84.2 Å². The Labute approximate surface area is 144 Å². The summed E-state index contributed by atoms with van der Waals surface area (Å²) in [5.74, 6) is 0.276. The minimum atomic E-state index is -0.322. The molecule has 0 unspecified atom stereocenters. The highest BCUT2D eigenvalue weighted by atomic mass is 32.2. The van der Waals surface area contributed by atoms with E-state index in [-0.39, 0.29) is 5.97 Å². The van der Waals surface area contributed by atoms with Crippen molar-refractivity contribution in [2.24, 2.45) is 0 Å². The van der Waals surface area contributed by atoms with E-state index in [2.05, 4.69) is 16.7 Å². The average molecular weight is 333 g/mol. The summed E-state index contributed by atoms with van der Waals surface area (Å²) in [6.45, 7) is 1.44. The minimum absolute atomic E-state index is 0.322. The van der Waals surface area contributed by atoms with Crippen molar-refractivity contribution in [1.82, 2.24) is 4.57 Å². The molecule has 0 atom stereocenters. The summed E-state index contributed by atoms with van der Waals surface area (Å²) in [6, 6.07) is 22.2. The van der Waals surface area contributed by atoms with Gasteiger partial charge in [0.1, 0.15) is 0 Å². The van der Waals surface area contributed by atoms with Gasteiger partial charge >= 0.3 is 5.97 Å². The van der Waals surface area contributed by atoms with E-state index < -0.39 is 0 Å². The molecule has 0 saturated carbocycles. The van der Waals surface area contributed by atoms with Gasteiger partial charge in [-0.2, -0.15) is 0 Å². The maximum atomic E-state index is 11.7. The molecule has 2 aromatic carbocycles. The molecule has 0 fully saturated rings. The molecule has 4 heteroatoms. The highest BCUT2D eigenvalue weighted by Crippen LogP contribution is 2.45. The van der Waals surface area contributed by atoms with Gasteiger partial charge in [0.05, 0.1) is 16.3 Å². The maximum absolute atomic E-state index is 11.7. The monoisotopic (exact) mass is 333 g/mol. The van der Waals surface area contributed by atoms with Crippen molar-refractivity contribution in [1.29, 1.82) is 0 Å². The molecule has 24 heavy (non-hydrogen) atoms. The standard InChI is InChI=1S/C20H15NO2S/c1-14(22)23-19-17-11-7-13-21(17)16-10-5-6-12-18(16)24-20(19)15-8-3-2-4-9-15/h2-13H,1H3. The number of carbonyl (C=O) groups excluding carboxylic acids is 1. The predicted molar refractivity (Wildman–Crippen MR) is 96.6 cm³/mol. The van der Waals surface area contributed by atoms with Crippen LogP contribution in [0.5, 0.6) is 0 Å². The van der Waals surface area contributed by atoms with E-state index in [9.17, 15) is 4.79 Å². The molecule has 0 saturated heterocycles. The predicted octanol–water partition coefficient (Wildman–Crippen LogP) is 4.97. The van der Waals surface area contributed by atoms with E-state index in [1.165, 1.54) is 6.92 Å². The summed E-state index contributed by atoms with van der Waals surface area (Å²) < 4.78 is 7.72. The van der Waals surface area contributed by atoms with Crippen molar-refractivity contribution >= 4 is 28.4 Å². The van der Waals surface area contributed by atoms with Crippen molar-refractivity contribution < 1.29 is 9.53 Å². The molecule has 0 bridgehead atoms. The summed E-state index contributed by atoms with van der Waals surface area (Å²) in [6.07, 6.45) is 1.99. The molecule has 0 N–H and O–H groups in total. The van der Waals surface area contributed by atoms with Crippen LogP contribution in [0.3, 0.4) is 0 Å². The van der Waals surface area contributed by atoms with Gasteiger partial charge in [0.15, 0.2) is 5.76 Å². The third kappa shape index (κ3) is 2.55. The second-order valence-electron chi connectivity index (χ2n) is 5.45. The Morgan fingerprint density at radius 2 is 1.71 bits per heavy atom. The topological polar surface area (TPSA) is 31.2 Å². The molecule has 1 aliphatic rings. The largest absolute Gasteiger partial charge is 0.423 e. The van der Waals surface area contributed by atoms with Crippen LogP contribution in [0.15, 0.2) is 77.8 Å². The van der Waals surface area contributed by atoms with Crippen LogP contribution >= 0.6 is 11.8 Å². The number of fused-ring (bicyclic) bond motifs is 3. The average Bonchev–Trinajstić information content (AvgIpc) is 3.04. The van der Waals surface area contributed by atoms with Crippen LogP contribution < -0.4 is 0 Å². The first-order valence-electron chi connectivity index (χ1n) is 7.67. The molecule has 3 aromatic rings. The summed E-state index contributed by atoms with van der Waals surface area (Å²) in [5, 5.41) is 0. The molecular weight excluding hydrogens is 318 g/mol. The number of aromatic nitrogens is 1. The van der Waals surface area contributed by atoms with Gasteiger partial charge in [0.2, 0.25) is 0 Å². The van der Waals surface area contributed by atoms with Gasteiger partial charge in [-0.15, -0.1) is 0 Å². The molecule has 0 spiro atoms. The Hall–Kier alpha value is -2.72. The van der Waals surface area contributed by atoms with Gasteiger partial charge in [0.25, 0.3) is 0 Å². The Balaban J connectivity index is 2.02. The molecule has 3 nitrogen and oxygen atoms in total. The number of nitrogens with zero attached hydrogens (tertiary/aromatic N) is 1. The van der Waals surface area contributed by atoms with Crippen molar-refractivity contribution in [2.45, 2.75) is 11.8 Å². The molecule has 0 aliphatic carbocycles. The lowest BCUT2D eigenvalue weighted by Crippen LogP contribution is -2.04. The van der Waals surface area contributed by atoms with E-state index in [0.29, 0.717) is 5.76 Å². The molecule has 0 amide bonds. The number of rotatable bonds is 2. The SMILES string of the molecule is CC(=O)OC1=C(c2ccccc2)Sc2ccccc2-n2cccc21. The third-order valence-electron chi connectivity index (χ3n) is 3.81. The highest BCUT2D eigenvalue weighted by Gasteiger charge is 2.24. The Morgan fingerprint density at radius 1 is 0.958 bits per heavy atom. The first-order chi connectivity index (χ1) is 11.7. The van der Waals surface area contributed by atoms with Crippen LogP contribution in [0.1, 0.15) is 18.2 Å². The molecule has 2 heterocycles. The number of esters is 1. The van der Waals surface area contributed by atoms with Crippen LogP contribution in [0, 0.1) is 0 Å². The van der Waals surface area contributed by atoms with Gasteiger partial charge < -0.3 is 9.30 Å². The number of para-hydroxylation sites is 1. The summed E-state index contributed by atoms with van der Waals surface area (Å²) in [7, 11) is 0. The highest BCUT2D eigenvalue weighted by molar-refractivity contribution is 8.08. The lowest BCUT2D eigenvalue weighted by atomic mass is 10.1. The van der Waals surface area contributed by atoms with Crippen LogP contribution in [-0.2, 0) is 9.53 Å². The quantitative estimate of drug-likeness (QED) is 0.620. The number of thioether (sulfide) groups is 1. The maximum Gasteiger partial charge on any atom is 0.308 e. The van der Waals surface area contributed by atoms with Gasteiger partial charge in [-0.1, -0.05) is 54.2 Å².